The van der Waals surface area contributed by atoms with Crippen molar-refractivity contribution in [3.8, 4) is 0 Å². The van der Waals surface area contributed by atoms with Gasteiger partial charge in [-0.1, -0.05) is 12.1 Å². The molecule has 0 spiro atoms. The van der Waals surface area contributed by atoms with Gasteiger partial charge >= 0.3 is 0 Å². The number of nitrogens with two attached hydrogens (primary N) is 1. The SMILES string of the molecule is Cc1ccn(NCc2cccnc2N2CCOCC2)c(=O)c1CC(=O)NCc1ccc(N)nc1C. The molecule has 0 atom stereocenters. The van der Waals surface area contributed by atoms with Crippen molar-refractivity contribution in [2.45, 2.75) is 33.4 Å². The zero-order valence-electron chi connectivity index (χ0n) is 20.1. The highest BCUT2D eigenvalue weighted by atomic mass is 16.5. The molecule has 3 aromatic rings. The summed E-state index contributed by atoms with van der Waals surface area (Å²) in [5.41, 5.74) is 12.5. The fourth-order valence-electron chi connectivity index (χ4n) is 4.02. The van der Waals surface area contributed by atoms with Crippen LogP contribution in [-0.2, 0) is 29.0 Å². The fourth-order valence-corrected chi connectivity index (χ4v) is 4.02. The number of nitrogens with zero attached hydrogens (tertiary/aromatic N) is 4. The van der Waals surface area contributed by atoms with E-state index >= 15 is 0 Å². The van der Waals surface area contributed by atoms with Crippen LogP contribution in [0.4, 0.5) is 11.6 Å². The predicted octanol–water partition coefficient (Wildman–Crippen LogP) is 1.28. The van der Waals surface area contributed by atoms with Crippen molar-refractivity contribution in [1.82, 2.24) is 20.0 Å². The zero-order valence-corrected chi connectivity index (χ0v) is 20.1. The first-order valence-electron chi connectivity index (χ1n) is 11.6. The lowest BCUT2D eigenvalue weighted by atomic mass is 10.1. The van der Waals surface area contributed by atoms with Crippen molar-refractivity contribution < 1.29 is 9.53 Å². The molecule has 10 heteroatoms. The summed E-state index contributed by atoms with van der Waals surface area (Å²) in [5, 5.41) is 2.87. The van der Waals surface area contributed by atoms with Gasteiger partial charge in [0, 0.05) is 48.8 Å². The lowest BCUT2D eigenvalue weighted by Crippen LogP contribution is -2.38. The molecule has 35 heavy (non-hydrogen) atoms. The molecule has 4 heterocycles. The topological polar surface area (TPSA) is 127 Å². The van der Waals surface area contributed by atoms with Crippen LogP contribution in [0.15, 0.2) is 47.5 Å². The van der Waals surface area contributed by atoms with Gasteiger partial charge < -0.3 is 26.1 Å². The Morgan fingerprint density at radius 3 is 2.69 bits per heavy atom. The van der Waals surface area contributed by atoms with E-state index in [9.17, 15) is 9.59 Å². The van der Waals surface area contributed by atoms with E-state index in [2.05, 4.69) is 25.6 Å². The number of rotatable bonds is 8. The van der Waals surface area contributed by atoms with Crippen LogP contribution in [0.1, 0.15) is 27.9 Å². The van der Waals surface area contributed by atoms with E-state index in [1.807, 2.05) is 38.1 Å². The third kappa shape index (κ3) is 5.96. The van der Waals surface area contributed by atoms with Crippen LogP contribution in [0.5, 0.6) is 0 Å². The number of hydrogen-bond acceptors (Lipinski definition) is 8. The number of nitrogens with one attached hydrogen (secondary N) is 2. The lowest BCUT2D eigenvalue weighted by Gasteiger charge is -2.29. The molecule has 3 aromatic heterocycles. The third-order valence-corrected chi connectivity index (χ3v) is 6.07. The standard InChI is InChI=1S/C25H31N7O3/c1-17-7-9-32(29-16-20-4-3-8-27-24(20)31-10-12-35-13-11-31)25(34)21(17)14-23(33)28-15-19-5-6-22(26)30-18(19)2/h3-9,29H,10-16H2,1-2H3,(H2,26,30)(H,28,33). The number of carbonyl (C=O) groups excluding carboxylic acids is 1. The van der Waals surface area contributed by atoms with Crippen LogP contribution in [0.25, 0.3) is 0 Å². The Bertz CT molecular complexity index is 1250. The Morgan fingerprint density at radius 1 is 1.11 bits per heavy atom. The van der Waals surface area contributed by atoms with Gasteiger partial charge in [0.1, 0.15) is 11.6 Å². The van der Waals surface area contributed by atoms with Crippen molar-refractivity contribution in [3.05, 3.63) is 81.0 Å². The molecule has 1 fully saturated rings. The number of pyridine rings is 3. The van der Waals surface area contributed by atoms with Gasteiger partial charge in [-0.25, -0.2) is 14.6 Å². The van der Waals surface area contributed by atoms with E-state index in [1.165, 1.54) is 4.68 Å². The van der Waals surface area contributed by atoms with Gasteiger partial charge in [0.2, 0.25) is 5.91 Å². The number of hydrogen-bond donors (Lipinski definition) is 3. The maximum absolute atomic E-state index is 13.2. The largest absolute Gasteiger partial charge is 0.384 e. The molecule has 0 aromatic carbocycles. The highest BCUT2D eigenvalue weighted by Crippen LogP contribution is 2.18. The van der Waals surface area contributed by atoms with E-state index in [0.717, 1.165) is 41.3 Å². The Kier molecular flexibility index (Phi) is 7.61. The third-order valence-electron chi connectivity index (χ3n) is 6.07. The molecule has 4 N–H and O–H groups in total. The van der Waals surface area contributed by atoms with Gasteiger partial charge in [0.05, 0.1) is 26.2 Å². The second-order valence-corrected chi connectivity index (χ2v) is 8.51. The first-order valence-corrected chi connectivity index (χ1v) is 11.6. The average Bonchev–Trinajstić information content (AvgIpc) is 2.86. The first-order chi connectivity index (χ1) is 16.9. The Balaban J connectivity index is 1.43. The monoisotopic (exact) mass is 477 g/mol. The van der Waals surface area contributed by atoms with Gasteiger partial charge in [0.25, 0.3) is 5.56 Å². The number of aromatic nitrogens is 3. The average molecular weight is 478 g/mol. The number of ether oxygens (including phenoxy) is 1. The predicted molar refractivity (Wildman–Crippen MR) is 135 cm³/mol. The molecule has 1 aliphatic heterocycles. The number of aryl methyl sites for hydroxylation is 2. The van der Waals surface area contributed by atoms with Crippen LogP contribution in [-0.4, -0.2) is 46.9 Å². The number of anilines is 2. The van der Waals surface area contributed by atoms with Crippen molar-refractivity contribution >= 4 is 17.5 Å². The molecule has 1 saturated heterocycles. The van der Waals surface area contributed by atoms with Crippen LogP contribution in [0, 0.1) is 13.8 Å². The van der Waals surface area contributed by atoms with Crippen LogP contribution >= 0.6 is 0 Å². The molecule has 1 aliphatic rings. The van der Waals surface area contributed by atoms with Gasteiger partial charge in [-0.3, -0.25) is 9.59 Å². The maximum Gasteiger partial charge on any atom is 0.272 e. The van der Waals surface area contributed by atoms with Crippen LogP contribution in [0.3, 0.4) is 0 Å². The maximum atomic E-state index is 13.2. The Hall–Kier alpha value is -3.92. The second kappa shape index (κ2) is 11.0. The molecular weight excluding hydrogens is 446 g/mol. The lowest BCUT2D eigenvalue weighted by molar-refractivity contribution is -0.120. The summed E-state index contributed by atoms with van der Waals surface area (Å²) in [6, 6.07) is 9.25. The van der Waals surface area contributed by atoms with Crippen molar-refractivity contribution in [2.24, 2.45) is 0 Å². The Labute approximate surface area is 204 Å². The fraction of sp³-hybridized carbons (Fsp3) is 0.360. The van der Waals surface area contributed by atoms with Crippen LogP contribution < -0.4 is 26.9 Å². The molecule has 10 nitrogen and oxygen atoms in total. The molecular formula is C25H31N7O3. The second-order valence-electron chi connectivity index (χ2n) is 8.51. The van der Waals surface area contributed by atoms with Crippen molar-refractivity contribution in [3.63, 3.8) is 0 Å². The summed E-state index contributed by atoms with van der Waals surface area (Å²) in [7, 11) is 0. The van der Waals surface area contributed by atoms with Gasteiger partial charge in [-0.15, -0.1) is 0 Å². The minimum absolute atomic E-state index is 0.0133. The van der Waals surface area contributed by atoms with E-state index in [1.54, 1.807) is 18.5 Å². The zero-order chi connectivity index (χ0) is 24.8. The van der Waals surface area contributed by atoms with Gasteiger partial charge in [-0.05, 0) is 43.2 Å². The molecule has 4 rings (SSSR count). The quantitative estimate of drug-likeness (QED) is 0.443. The van der Waals surface area contributed by atoms with Gasteiger partial charge in [0.15, 0.2) is 0 Å². The molecule has 0 unspecified atom stereocenters. The molecule has 0 radical (unpaired) electrons. The molecule has 1 amide bonds. The number of carbonyl (C=O) groups is 1. The smallest absolute Gasteiger partial charge is 0.272 e. The summed E-state index contributed by atoms with van der Waals surface area (Å²) in [4.78, 5) is 36.7. The van der Waals surface area contributed by atoms with E-state index in [-0.39, 0.29) is 17.9 Å². The summed E-state index contributed by atoms with van der Waals surface area (Å²) in [6.45, 7) is 7.30. The molecule has 184 valence electrons. The highest BCUT2D eigenvalue weighted by molar-refractivity contribution is 5.78. The normalized spacial score (nSPS) is 13.5. The van der Waals surface area contributed by atoms with Crippen molar-refractivity contribution in [1.29, 1.82) is 0 Å². The minimum Gasteiger partial charge on any atom is -0.384 e. The Morgan fingerprint density at radius 2 is 1.91 bits per heavy atom. The summed E-state index contributed by atoms with van der Waals surface area (Å²) < 4.78 is 6.87. The van der Waals surface area contributed by atoms with Gasteiger partial charge in [-0.2, -0.15) is 0 Å². The van der Waals surface area contributed by atoms with E-state index < -0.39 is 0 Å². The summed E-state index contributed by atoms with van der Waals surface area (Å²) in [6.07, 6.45) is 3.44. The molecule has 0 saturated carbocycles. The molecule has 0 bridgehead atoms. The molecule has 0 aliphatic carbocycles. The van der Waals surface area contributed by atoms with E-state index in [4.69, 9.17) is 10.5 Å². The summed E-state index contributed by atoms with van der Waals surface area (Å²) >= 11 is 0. The number of nitrogen functional groups attached to an aromatic ring is 1. The number of morpholine rings is 1. The highest BCUT2D eigenvalue weighted by Gasteiger charge is 2.17. The van der Waals surface area contributed by atoms with E-state index in [0.29, 0.717) is 37.7 Å². The van der Waals surface area contributed by atoms with Crippen LogP contribution in [0.2, 0.25) is 0 Å². The summed E-state index contributed by atoms with van der Waals surface area (Å²) in [5.74, 6) is 1.09. The first kappa shape index (κ1) is 24.2. The van der Waals surface area contributed by atoms with Crippen molar-refractivity contribution in [2.75, 3.05) is 42.4 Å². The number of amides is 1. The minimum atomic E-state index is -0.248.